The largest absolute Gasteiger partial charge is 0.756 e. The van der Waals surface area contributed by atoms with Gasteiger partial charge in [0, 0.05) is 6.42 Å². The molecular weight excluding hydrogens is 744 g/mol. The maximum absolute atomic E-state index is 12.8. The summed E-state index contributed by atoms with van der Waals surface area (Å²) in [5.41, 5.74) is 0. The van der Waals surface area contributed by atoms with E-state index in [1.54, 1.807) is 0 Å². The molecule has 0 aliphatic carbocycles. The Morgan fingerprint density at radius 3 is 1.43 bits per heavy atom. The molecule has 0 heterocycles. The van der Waals surface area contributed by atoms with Crippen LogP contribution in [0.4, 0.5) is 0 Å². The average Bonchev–Trinajstić information content (AvgIpc) is 3.17. The molecule has 1 amide bonds. The zero-order valence-electron chi connectivity index (χ0n) is 39.0. The molecule has 0 radical (unpaired) electrons. The molecule has 0 aliphatic heterocycles. The molecule has 0 aromatic carbocycles. The van der Waals surface area contributed by atoms with Crippen molar-refractivity contribution < 1.29 is 32.9 Å². The summed E-state index contributed by atoms with van der Waals surface area (Å²) in [5, 5.41) is 13.9. The number of hydrogen-bond acceptors (Lipinski definition) is 6. The summed E-state index contributed by atoms with van der Waals surface area (Å²) in [6.07, 6.45) is 49.3. The Labute approximate surface area is 360 Å². The van der Waals surface area contributed by atoms with Crippen LogP contribution in [0.3, 0.4) is 0 Å². The van der Waals surface area contributed by atoms with Crippen molar-refractivity contribution in [2.75, 3.05) is 40.9 Å². The predicted molar refractivity (Wildman–Crippen MR) is 247 cm³/mol. The van der Waals surface area contributed by atoms with Crippen LogP contribution >= 0.6 is 7.82 Å². The summed E-state index contributed by atoms with van der Waals surface area (Å²) in [7, 11) is 1.28. The number of quaternary nitrogens is 1. The van der Waals surface area contributed by atoms with Crippen molar-refractivity contribution in [1.82, 2.24) is 5.32 Å². The van der Waals surface area contributed by atoms with Gasteiger partial charge >= 0.3 is 0 Å². The number of likely N-dealkylation sites (N-methyl/N-ethyl adjacent to an activating group) is 1. The van der Waals surface area contributed by atoms with Crippen molar-refractivity contribution in [3.05, 3.63) is 24.3 Å². The number of carbonyl (C=O) groups is 1. The Kier molecular flexibility index (Phi) is 40.6. The molecule has 0 aromatic heterocycles. The molecule has 9 heteroatoms. The normalized spacial score (nSPS) is 14.4. The Balaban J connectivity index is 4.25. The van der Waals surface area contributed by atoms with Crippen molar-refractivity contribution in [2.45, 2.75) is 244 Å². The molecule has 344 valence electrons. The average molecular weight is 841 g/mol. The molecule has 8 nitrogen and oxygen atoms in total. The number of allylic oxidation sites excluding steroid dienone is 4. The van der Waals surface area contributed by atoms with Crippen LogP contribution in [0.5, 0.6) is 0 Å². The van der Waals surface area contributed by atoms with Gasteiger partial charge in [-0.25, -0.2) is 0 Å². The Hall–Kier alpha value is -1.02. The maximum atomic E-state index is 12.8. The van der Waals surface area contributed by atoms with Crippen LogP contribution in [0, 0.1) is 0 Å². The van der Waals surface area contributed by atoms with E-state index in [-0.39, 0.29) is 25.5 Å². The number of nitrogens with zero attached hydrogens (tertiary/aromatic N) is 1. The van der Waals surface area contributed by atoms with E-state index < -0.39 is 20.0 Å². The smallest absolute Gasteiger partial charge is 0.268 e. The van der Waals surface area contributed by atoms with Crippen molar-refractivity contribution in [3.8, 4) is 0 Å². The number of aliphatic hydroxyl groups excluding tert-OH is 1. The first-order chi connectivity index (χ1) is 28.0. The number of hydrogen-bond donors (Lipinski definition) is 2. The van der Waals surface area contributed by atoms with Crippen LogP contribution in [0.15, 0.2) is 24.3 Å². The van der Waals surface area contributed by atoms with E-state index in [1.807, 2.05) is 27.2 Å². The molecule has 0 aromatic rings. The zero-order valence-corrected chi connectivity index (χ0v) is 39.9. The van der Waals surface area contributed by atoms with Crippen LogP contribution in [0.2, 0.25) is 0 Å². The summed E-state index contributed by atoms with van der Waals surface area (Å²) in [5.74, 6) is -0.230. The molecule has 0 fully saturated rings. The van der Waals surface area contributed by atoms with E-state index in [9.17, 15) is 19.4 Å². The second kappa shape index (κ2) is 41.3. The minimum absolute atomic E-state index is 0.00390. The van der Waals surface area contributed by atoms with Crippen LogP contribution in [0.1, 0.15) is 232 Å². The Bertz CT molecular complexity index is 1000. The van der Waals surface area contributed by atoms with E-state index >= 15 is 0 Å². The number of phosphoric ester groups is 1. The number of rotatable bonds is 45. The van der Waals surface area contributed by atoms with Crippen molar-refractivity contribution in [1.29, 1.82) is 0 Å². The molecule has 0 rings (SSSR count). The van der Waals surface area contributed by atoms with Gasteiger partial charge in [-0.15, -0.1) is 0 Å². The van der Waals surface area contributed by atoms with Crippen LogP contribution in [0.25, 0.3) is 0 Å². The molecular formula is C49H97N2O6P. The first-order valence-corrected chi connectivity index (χ1v) is 26.1. The summed E-state index contributed by atoms with van der Waals surface area (Å²) in [6, 6.07) is -0.828. The van der Waals surface area contributed by atoms with Gasteiger partial charge in [0.25, 0.3) is 7.82 Å². The second-order valence-corrected chi connectivity index (χ2v) is 19.6. The molecule has 0 spiro atoms. The standard InChI is InChI=1S/C49H97N2O6P/c1-6-8-10-12-14-16-18-20-21-22-23-24-25-26-27-28-29-31-32-34-36-38-40-42-48(52)47(46-57-58(54,55)56-45-44-51(3,4)5)50-49(53)43-41-39-37-35-33-30-19-17-15-13-11-9-7-2/h30,33,37,39,47-48,52H,6-29,31-32,34-36,38,40-46H2,1-5H3,(H-,50,53,54,55)/b33-30-,39-37-. The molecule has 0 bridgehead atoms. The predicted octanol–water partition coefficient (Wildman–Crippen LogP) is 13.5. The minimum atomic E-state index is -4.58. The molecule has 3 atom stereocenters. The summed E-state index contributed by atoms with van der Waals surface area (Å²) in [6.45, 7) is 4.68. The Morgan fingerprint density at radius 1 is 0.603 bits per heavy atom. The number of carbonyl (C=O) groups excluding carboxylic acids is 1. The van der Waals surface area contributed by atoms with Crippen LogP contribution in [-0.2, 0) is 18.4 Å². The van der Waals surface area contributed by atoms with Crippen molar-refractivity contribution >= 4 is 13.7 Å². The third-order valence-corrected chi connectivity index (χ3v) is 12.2. The number of nitrogens with one attached hydrogen (secondary N) is 1. The molecule has 58 heavy (non-hydrogen) atoms. The fourth-order valence-electron chi connectivity index (χ4n) is 7.27. The lowest BCUT2D eigenvalue weighted by Gasteiger charge is -2.30. The lowest BCUT2D eigenvalue weighted by Crippen LogP contribution is -2.46. The monoisotopic (exact) mass is 841 g/mol. The highest BCUT2D eigenvalue weighted by molar-refractivity contribution is 7.45. The van der Waals surface area contributed by atoms with Crippen molar-refractivity contribution in [2.24, 2.45) is 0 Å². The lowest BCUT2D eigenvalue weighted by atomic mass is 10.0. The summed E-state index contributed by atoms with van der Waals surface area (Å²) < 4.78 is 23.3. The summed E-state index contributed by atoms with van der Waals surface area (Å²) in [4.78, 5) is 25.3. The lowest BCUT2D eigenvalue weighted by molar-refractivity contribution is -0.870. The highest BCUT2D eigenvalue weighted by Gasteiger charge is 2.24. The highest BCUT2D eigenvalue weighted by atomic mass is 31.2. The molecule has 3 unspecified atom stereocenters. The van der Waals surface area contributed by atoms with Gasteiger partial charge in [0.2, 0.25) is 5.91 Å². The molecule has 2 N–H and O–H groups in total. The van der Waals surface area contributed by atoms with E-state index in [0.717, 1.165) is 32.1 Å². The fraction of sp³-hybridized carbons (Fsp3) is 0.898. The number of phosphoric acid groups is 1. The Morgan fingerprint density at radius 2 is 1.00 bits per heavy atom. The van der Waals surface area contributed by atoms with Gasteiger partial charge in [-0.1, -0.05) is 218 Å². The highest BCUT2D eigenvalue weighted by Crippen LogP contribution is 2.38. The van der Waals surface area contributed by atoms with Gasteiger partial charge in [-0.3, -0.25) is 9.36 Å². The first-order valence-electron chi connectivity index (χ1n) is 24.7. The fourth-order valence-corrected chi connectivity index (χ4v) is 7.99. The van der Waals surface area contributed by atoms with E-state index in [4.69, 9.17) is 9.05 Å². The SMILES string of the molecule is CCCCCCCC/C=C\C/C=C\CCC(=O)NC(COP(=O)([O-])OCC[N+](C)(C)C)C(O)CCCCCCCCCCCCCCCCCCCCCCCCC. The minimum Gasteiger partial charge on any atom is -0.756 e. The third-order valence-electron chi connectivity index (χ3n) is 11.2. The first kappa shape index (κ1) is 57.0. The quantitative estimate of drug-likeness (QED) is 0.0274. The number of aliphatic hydroxyl groups is 1. The molecule has 0 saturated carbocycles. The third kappa shape index (κ3) is 43.1. The number of amides is 1. The maximum Gasteiger partial charge on any atom is 0.268 e. The zero-order chi connectivity index (χ0) is 42.8. The molecule has 0 aliphatic rings. The van der Waals surface area contributed by atoms with Crippen molar-refractivity contribution in [3.63, 3.8) is 0 Å². The van der Waals surface area contributed by atoms with E-state index in [2.05, 4.69) is 37.4 Å². The topological polar surface area (TPSA) is 108 Å². The number of unbranched alkanes of at least 4 members (excludes halogenated alkanes) is 28. The van der Waals surface area contributed by atoms with Crippen LogP contribution < -0.4 is 10.2 Å². The van der Waals surface area contributed by atoms with Gasteiger partial charge in [0.05, 0.1) is 39.9 Å². The van der Waals surface area contributed by atoms with Gasteiger partial charge in [0.1, 0.15) is 13.2 Å². The van der Waals surface area contributed by atoms with Gasteiger partial charge in [0.15, 0.2) is 0 Å². The van der Waals surface area contributed by atoms with Gasteiger partial charge in [-0.2, -0.15) is 0 Å². The van der Waals surface area contributed by atoms with E-state index in [0.29, 0.717) is 23.9 Å². The molecule has 0 saturated heterocycles. The summed E-state index contributed by atoms with van der Waals surface area (Å²) >= 11 is 0. The van der Waals surface area contributed by atoms with Gasteiger partial charge < -0.3 is 28.8 Å². The van der Waals surface area contributed by atoms with E-state index in [1.165, 1.54) is 167 Å². The van der Waals surface area contributed by atoms with Gasteiger partial charge in [-0.05, 0) is 32.1 Å². The second-order valence-electron chi connectivity index (χ2n) is 18.2. The van der Waals surface area contributed by atoms with Crippen LogP contribution in [-0.4, -0.2) is 68.5 Å².